The number of hydrazone groups is 1. The molecule has 1 heterocycles. The van der Waals surface area contributed by atoms with Crippen LogP contribution in [0.5, 0.6) is 11.5 Å². The van der Waals surface area contributed by atoms with E-state index in [1.165, 1.54) is 10.5 Å². The van der Waals surface area contributed by atoms with Crippen molar-refractivity contribution in [3.63, 3.8) is 0 Å². The van der Waals surface area contributed by atoms with Gasteiger partial charge in [-0.25, -0.2) is 13.8 Å². The van der Waals surface area contributed by atoms with Crippen molar-refractivity contribution in [3.8, 4) is 11.5 Å². The highest BCUT2D eigenvalue weighted by molar-refractivity contribution is 9.10. The van der Waals surface area contributed by atoms with Crippen LogP contribution in [0, 0.1) is 0 Å². The molecule has 0 unspecified atom stereocenters. The molecule has 0 aromatic heterocycles. The summed E-state index contributed by atoms with van der Waals surface area (Å²) in [6.07, 6.45) is 5.93. The molecular weight excluding hydrogens is 498 g/mol. The van der Waals surface area contributed by atoms with E-state index in [0.717, 1.165) is 36.6 Å². The van der Waals surface area contributed by atoms with E-state index in [-0.39, 0.29) is 24.3 Å². The predicted molar refractivity (Wildman–Crippen MR) is 123 cm³/mol. The molecule has 0 atom stereocenters. The Morgan fingerprint density at radius 3 is 2.53 bits per heavy atom. The molecule has 1 saturated carbocycles. The van der Waals surface area contributed by atoms with E-state index in [1.54, 1.807) is 42.5 Å². The van der Waals surface area contributed by atoms with Crippen LogP contribution in [0.3, 0.4) is 0 Å². The molecule has 0 radical (unpaired) electrons. The molecule has 2 aromatic rings. The SMILES string of the molecule is O=C(CN(C1CCCCC1)S(=O)(=O)c1ccccc1)N/N=C/c1cc2c(cc1Br)OCO2. The van der Waals surface area contributed by atoms with Crippen LogP contribution in [0.1, 0.15) is 37.7 Å². The molecule has 2 aliphatic rings. The Balaban J connectivity index is 1.47. The Labute approximate surface area is 195 Å². The van der Waals surface area contributed by atoms with E-state index < -0.39 is 15.9 Å². The Hall–Kier alpha value is -2.43. The van der Waals surface area contributed by atoms with Crippen molar-refractivity contribution in [2.24, 2.45) is 5.10 Å². The smallest absolute Gasteiger partial charge is 0.255 e. The molecular formula is C22H24BrN3O5S. The van der Waals surface area contributed by atoms with Gasteiger partial charge in [0.1, 0.15) is 0 Å². The highest BCUT2D eigenvalue weighted by atomic mass is 79.9. The van der Waals surface area contributed by atoms with Crippen LogP contribution in [0.15, 0.2) is 56.9 Å². The standard InChI is InChI=1S/C22H24BrN3O5S/c23-19-12-21-20(30-15-31-21)11-16(19)13-24-25-22(27)14-26(17-7-3-1-4-8-17)32(28,29)18-9-5-2-6-10-18/h2,5-6,9-13,17H,1,3-4,7-8,14-15H2,(H,25,27)/b24-13+. The monoisotopic (exact) mass is 521 g/mol. The van der Waals surface area contributed by atoms with E-state index in [0.29, 0.717) is 17.1 Å². The van der Waals surface area contributed by atoms with Gasteiger partial charge in [-0.05, 0) is 53.0 Å². The molecule has 2 aromatic carbocycles. The van der Waals surface area contributed by atoms with Gasteiger partial charge in [0.05, 0.1) is 17.7 Å². The number of benzene rings is 2. The van der Waals surface area contributed by atoms with Gasteiger partial charge >= 0.3 is 0 Å². The summed E-state index contributed by atoms with van der Waals surface area (Å²) in [6, 6.07) is 11.5. The molecule has 4 rings (SSSR count). The zero-order valence-electron chi connectivity index (χ0n) is 17.4. The van der Waals surface area contributed by atoms with E-state index in [2.05, 4.69) is 26.5 Å². The number of halogens is 1. The number of hydrogen-bond acceptors (Lipinski definition) is 6. The maximum absolute atomic E-state index is 13.3. The lowest BCUT2D eigenvalue weighted by atomic mass is 9.95. The highest BCUT2D eigenvalue weighted by Crippen LogP contribution is 2.36. The summed E-state index contributed by atoms with van der Waals surface area (Å²) in [6.45, 7) is -0.131. The topological polar surface area (TPSA) is 97.3 Å². The third-order valence-corrected chi connectivity index (χ3v) is 8.12. The van der Waals surface area contributed by atoms with Crippen LogP contribution >= 0.6 is 15.9 Å². The van der Waals surface area contributed by atoms with Crippen molar-refractivity contribution in [1.29, 1.82) is 0 Å². The number of amides is 1. The van der Waals surface area contributed by atoms with Gasteiger partial charge in [-0.1, -0.05) is 37.5 Å². The normalized spacial score (nSPS) is 16.6. The van der Waals surface area contributed by atoms with E-state index in [4.69, 9.17) is 9.47 Å². The van der Waals surface area contributed by atoms with Gasteiger partial charge in [0.2, 0.25) is 16.8 Å². The van der Waals surface area contributed by atoms with Gasteiger partial charge in [-0.3, -0.25) is 4.79 Å². The van der Waals surface area contributed by atoms with Crippen LogP contribution in [0.2, 0.25) is 0 Å². The molecule has 1 aliphatic heterocycles. The van der Waals surface area contributed by atoms with Crippen molar-refractivity contribution in [1.82, 2.24) is 9.73 Å². The fourth-order valence-corrected chi connectivity index (χ4v) is 5.98. The number of hydrogen-bond donors (Lipinski definition) is 1. The van der Waals surface area contributed by atoms with Gasteiger partial charge in [-0.15, -0.1) is 0 Å². The minimum atomic E-state index is -3.80. The van der Waals surface area contributed by atoms with Crippen LogP contribution in [-0.4, -0.2) is 44.2 Å². The zero-order chi connectivity index (χ0) is 22.6. The first-order valence-electron chi connectivity index (χ1n) is 10.4. The van der Waals surface area contributed by atoms with Crippen molar-refractivity contribution in [3.05, 3.63) is 52.5 Å². The van der Waals surface area contributed by atoms with Crippen molar-refractivity contribution >= 4 is 38.1 Å². The molecule has 170 valence electrons. The average molecular weight is 522 g/mol. The molecule has 10 heteroatoms. The molecule has 8 nitrogen and oxygen atoms in total. The van der Waals surface area contributed by atoms with Crippen molar-refractivity contribution in [2.45, 2.75) is 43.0 Å². The number of nitrogens with zero attached hydrogens (tertiary/aromatic N) is 2. The van der Waals surface area contributed by atoms with Crippen LogP contribution in [0.4, 0.5) is 0 Å². The molecule has 1 N–H and O–H groups in total. The van der Waals surface area contributed by atoms with Gasteiger partial charge < -0.3 is 9.47 Å². The molecule has 1 aliphatic carbocycles. The lowest BCUT2D eigenvalue weighted by molar-refractivity contribution is -0.121. The van der Waals surface area contributed by atoms with Gasteiger partial charge in [-0.2, -0.15) is 9.41 Å². The fraction of sp³-hybridized carbons (Fsp3) is 0.364. The van der Waals surface area contributed by atoms with Crippen molar-refractivity contribution < 1.29 is 22.7 Å². The lowest BCUT2D eigenvalue weighted by Gasteiger charge is -2.32. The largest absolute Gasteiger partial charge is 0.454 e. The summed E-state index contributed by atoms with van der Waals surface area (Å²) < 4.78 is 39.3. The molecule has 1 amide bonds. The van der Waals surface area contributed by atoms with E-state index in [9.17, 15) is 13.2 Å². The Bertz CT molecular complexity index is 1100. The average Bonchev–Trinajstić information content (AvgIpc) is 3.25. The number of sulfonamides is 1. The number of fused-ring (bicyclic) bond motifs is 1. The zero-order valence-corrected chi connectivity index (χ0v) is 19.8. The molecule has 0 spiro atoms. The summed E-state index contributed by atoms with van der Waals surface area (Å²) in [7, 11) is -3.80. The Morgan fingerprint density at radius 1 is 1.12 bits per heavy atom. The van der Waals surface area contributed by atoms with Crippen LogP contribution in [-0.2, 0) is 14.8 Å². The number of rotatable bonds is 7. The molecule has 1 fully saturated rings. The minimum Gasteiger partial charge on any atom is -0.454 e. The summed E-state index contributed by atoms with van der Waals surface area (Å²) in [4.78, 5) is 12.8. The second-order valence-corrected chi connectivity index (χ2v) is 10.4. The first-order chi connectivity index (χ1) is 15.4. The quantitative estimate of drug-likeness (QED) is 0.443. The van der Waals surface area contributed by atoms with Crippen molar-refractivity contribution in [2.75, 3.05) is 13.3 Å². The maximum Gasteiger partial charge on any atom is 0.255 e. The minimum absolute atomic E-state index is 0.159. The second-order valence-electron chi connectivity index (χ2n) is 7.68. The molecule has 0 bridgehead atoms. The Kier molecular flexibility index (Phi) is 7.12. The van der Waals surface area contributed by atoms with E-state index >= 15 is 0 Å². The molecule has 32 heavy (non-hydrogen) atoms. The number of carbonyl (C=O) groups is 1. The predicted octanol–water partition coefficient (Wildman–Crippen LogP) is 3.65. The van der Waals surface area contributed by atoms with Gasteiger partial charge in [0, 0.05) is 16.1 Å². The summed E-state index contributed by atoms with van der Waals surface area (Å²) in [5.74, 6) is 0.730. The number of ether oxygens (including phenoxy) is 2. The van der Waals surface area contributed by atoms with Crippen LogP contribution in [0.25, 0.3) is 0 Å². The van der Waals surface area contributed by atoms with Gasteiger partial charge in [0.25, 0.3) is 5.91 Å². The summed E-state index contributed by atoms with van der Waals surface area (Å²) in [5.41, 5.74) is 3.14. The first kappa shape index (κ1) is 22.8. The first-order valence-corrected chi connectivity index (χ1v) is 12.7. The third-order valence-electron chi connectivity index (χ3n) is 5.52. The van der Waals surface area contributed by atoms with E-state index in [1.807, 2.05) is 0 Å². The van der Waals surface area contributed by atoms with Crippen LogP contribution < -0.4 is 14.9 Å². The van der Waals surface area contributed by atoms with Gasteiger partial charge in [0.15, 0.2) is 11.5 Å². The molecule has 0 saturated heterocycles. The third kappa shape index (κ3) is 5.13. The second kappa shape index (κ2) is 10.0. The summed E-state index contributed by atoms with van der Waals surface area (Å²) in [5, 5.41) is 4.01. The number of nitrogens with one attached hydrogen (secondary N) is 1. The summed E-state index contributed by atoms with van der Waals surface area (Å²) >= 11 is 3.43. The maximum atomic E-state index is 13.3. The fourth-order valence-electron chi connectivity index (χ4n) is 3.89. The highest BCUT2D eigenvalue weighted by Gasteiger charge is 2.33. The Morgan fingerprint density at radius 2 is 1.81 bits per heavy atom. The number of carbonyl (C=O) groups excluding carboxylic acids is 1. The lowest BCUT2D eigenvalue weighted by Crippen LogP contribution is -2.46.